The quantitative estimate of drug-likeness (QED) is 0.222. The molecule has 4 heteroatoms. The van der Waals surface area contributed by atoms with E-state index in [2.05, 4.69) is 136 Å². The maximum absolute atomic E-state index is 4.65. The summed E-state index contributed by atoms with van der Waals surface area (Å²) >= 11 is 1.88. The Balaban J connectivity index is 1.32. The number of thiophene rings is 1. The van der Waals surface area contributed by atoms with E-state index < -0.39 is 0 Å². The lowest BCUT2D eigenvalue weighted by Crippen LogP contribution is -1.94. The zero-order valence-electron chi connectivity index (χ0n) is 23.0. The molecular weight excluding hydrogens is 543 g/mol. The monoisotopic (exact) mass is 565 g/mol. The molecule has 10 aromatic rings. The Hall–Kier alpha value is -5.45. The molecule has 0 fully saturated rings. The summed E-state index contributed by atoms with van der Waals surface area (Å²) in [6.07, 6.45) is 1.86. The number of pyridine rings is 1. The van der Waals surface area contributed by atoms with Crippen LogP contribution in [0.3, 0.4) is 0 Å². The molecule has 0 amide bonds. The van der Waals surface area contributed by atoms with E-state index in [9.17, 15) is 0 Å². The minimum absolute atomic E-state index is 0.981. The Bertz CT molecular complexity index is 2730. The minimum atomic E-state index is 0.981. The maximum Gasteiger partial charge on any atom is 0.0702 e. The number of hydrogen-bond donors (Lipinski definition) is 1. The molecule has 0 radical (unpaired) electrons. The second kappa shape index (κ2) is 8.54. The fourth-order valence-corrected chi connectivity index (χ4v) is 8.17. The molecule has 6 aromatic carbocycles. The van der Waals surface area contributed by atoms with Gasteiger partial charge in [0.2, 0.25) is 0 Å². The highest BCUT2D eigenvalue weighted by Crippen LogP contribution is 2.44. The molecule has 0 unspecified atom stereocenters. The van der Waals surface area contributed by atoms with Crippen LogP contribution < -0.4 is 0 Å². The van der Waals surface area contributed by atoms with Crippen molar-refractivity contribution in [3.8, 4) is 16.9 Å². The van der Waals surface area contributed by atoms with Crippen molar-refractivity contribution < 1.29 is 0 Å². The predicted octanol–water partition coefficient (Wildman–Crippen LogP) is 11.0. The van der Waals surface area contributed by atoms with Crippen LogP contribution in [0.15, 0.2) is 134 Å². The van der Waals surface area contributed by atoms with E-state index in [4.69, 9.17) is 0 Å². The summed E-state index contributed by atoms with van der Waals surface area (Å²) < 4.78 is 5.05. The van der Waals surface area contributed by atoms with Gasteiger partial charge in [-0.05, 0) is 59.3 Å². The molecule has 4 heterocycles. The first-order chi connectivity index (χ1) is 21.3. The van der Waals surface area contributed by atoms with Gasteiger partial charge in [0.1, 0.15) is 0 Å². The highest BCUT2D eigenvalue weighted by atomic mass is 32.1. The van der Waals surface area contributed by atoms with Crippen molar-refractivity contribution in [2.45, 2.75) is 0 Å². The third kappa shape index (κ3) is 3.27. The SMILES string of the molecule is c1ccc(-c2ccc3c4cc5c(cc4n(-c4ccc6ccccc6c4)c3c2)sc2c5ccc3c4ccccc4[nH]c32)nc1. The van der Waals surface area contributed by atoms with Crippen LogP contribution in [0.25, 0.3) is 91.5 Å². The molecule has 4 aromatic heterocycles. The molecule has 0 saturated carbocycles. The number of H-pyrrole nitrogens is 1. The van der Waals surface area contributed by atoms with E-state index in [1.807, 2.05) is 23.6 Å². The summed E-state index contributed by atoms with van der Waals surface area (Å²) in [5, 5.41) is 10.2. The van der Waals surface area contributed by atoms with Crippen molar-refractivity contribution in [2.24, 2.45) is 0 Å². The number of nitrogens with zero attached hydrogens (tertiary/aromatic N) is 2. The van der Waals surface area contributed by atoms with Crippen LogP contribution in [-0.2, 0) is 0 Å². The molecule has 0 bridgehead atoms. The molecule has 3 nitrogen and oxygen atoms in total. The van der Waals surface area contributed by atoms with Crippen LogP contribution >= 0.6 is 11.3 Å². The van der Waals surface area contributed by atoms with Gasteiger partial charge in [-0.2, -0.15) is 0 Å². The van der Waals surface area contributed by atoms with Gasteiger partial charge in [-0.3, -0.25) is 4.98 Å². The second-order valence-electron chi connectivity index (χ2n) is 11.3. The third-order valence-corrected chi connectivity index (χ3v) is 10.1. The molecule has 10 rings (SSSR count). The Morgan fingerprint density at radius 3 is 2.30 bits per heavy atom. The highest BCUT2D eigenvalue weighted by Gasteiger charge is 2.18. The zero-order valence-corrected chi connectivity index (χ0v) is 23.8. The van der Waals surface area contributed by atoms with Crippen molar-refractivity contribution in [3.05, 3.63) is 134 Å². The number of fused-ring (bicyclic) bond motifs is 11. The first-order valence-electron chi connectivity index (χ1n) is 14.5. The van der Waals surface area contributed by atoms with Gasteiger partial charge >= 0.3 is 0 Å². The van der Waals surface area contributed by atoms with Gasteiger partial charge in [0.15, 0.2) is 0 Å². The van der Waals surface area contributed by atoms with Crippen LogP contribution in [0.5, 0.6) is 0 Å². The van der Waals surface area contributed by atoms with Gasteiger partial charge < -0.3 is 9.55 Å². The van der Waals surface area contributed by atoms with E-state index in [0.717, 1.165) is 16.9 Å². The van der Waals surface area contributed by atoms with Gasteiger partial charge in [-0.25, -0.2) is 0 Å². The number of hydrogen-bond acceptors (Lipinski definition) is 2. The summed E-state index contributed by atoms with van der Waals surface area (Å²) in [5.74, 6) is 0. The average molecular weight is 566 g/mol. The number of aromatic amines is 1. The Kier molecular flexibility index (Phi) is 4.60. The van der Waals surface area contributed by atoms with Crippen LogP contribution in [0.2, 0.25) is 0 Å². The number of rotatable bonds is 2. The normalized spacial score (nSPS) is 12.2. The van der Waals surface area contributed by atoms with Crippen molar-refractivity contribution in [3.63, 3.8) is 0 Å². The lowest BCUT2D eigenvalue weighted by molar-refractivity contribution is 1.19. The molecule has 1 N–H and O–H groups in total. The number of benzene rings is 6. The Morgan fingerprint density at radius 1 is 0.558 bits per heavy atom. The Morgan fingerprint density at radius 2 is 1.37 bits per heavy atom. The molecule has 0 aliphatic rings. The van der Waals surface area contributed by atoms with Gasteiger partial charge in [-0.15, -0.1) is 11.3 Å². The van der Waals surface area contributed by atoms with E-state index >= 15 is 0 Å². The molecular formula is C39H23N3S. The first-order valence-corrected chi connectivity index (χ1v) is 15.4. The van der Waals surface area contributed by atoms with Gasteiger partial charge in [-0.1, -0.05) is 78.9 Å². The molecule has 43 heavy (non-hydrogen) atoms. The van der Waals surface area contributed by atoms with Crippen LogP contribution in [0.4, 0.5) is 0 Å². The average Bonchev–Trinajstić information content (AvgIpc) is 3.72. The predicted molar refractivity (Wildman–Crippen MR) is 184 cm³/mol. The summed E-state index contributed by atoms with van der Waals surface area (Å²) in [7, 11) is 0. The van der Waals surface area contributed by atoms with E-state index in [-0.39, 0.29) is 0 Å². The van der Waals surface area contributed by atoms with Crippen LogP contribution in [0, 0.1) is 0 Å². The van der Waals surface area contributed by atoms with Crippen molar-refractivity contribution in [1.29, 1.82) is 0 Å². The smallest absolute Gasteiger partial charge is 0.0702 e. The summed E-state index contributed by atoms with van der Waals surface area (Å²) in [5.41, 5.74) is 8.08. The number of para-hydroxylation sites is 1. The van der Waals surface area contributed by atoms with Crippen LogP contribution in [0.1, 0.15) is 0 Å². The topological polar surface area (TPSA) is 33.6 Å². The first kappa shape index (κ1) is 23.1. The maximum atomic E-state index is 4.65. The van der Waals surface area contributed by atoms with E-state index in [1.54, 1.807) is 0 Å². The fraction of sp³-hybridized carbons (Fsp3) is 0. The molecule has 0 saturated heterocycles. The van der Waals surface area contributed by atoms with Gasteiger partial charge in [0.05, 0.1) is 26.9 Å². The molecule has 0 aliphatic carbocycles. The van der Waals surface area contributed by atoms with E-state index in [1.165, 1.54) is 74.6 Å². The standard InChI is InChI=1S/C39H23N3S/c1-2-8-24-19-26(14-12-23(24)7-1)42-35-20-25(33-10-5-6-18-40-33)13-15-28(35)31-21-32-30-17-16-29-27-9-3-4-11-34(27)41-38(29)39(30)43-37(32)22-36(31)42/h1-22,41H. The zero-order chi connectivity index (χ0) is 28.1. The molecule has 0 atom stereocenters. The van der Waals surface area contributed by atoms with Crippen molar-refractivity contribution in [2.75, 3.05) is 0 Å². The highest BCUT2D eigenvalue weighted by molar-refractivity contribution is 7.26. The number of aromatic nitrogens is 3. The minimum Gasteiger partial charge on any atom is -0.353 e. The van der Waals surface area contributed by atoms with Crippen molar-refractivity contribution >= 4 is 85.9 Å². The molecule has 200 valence electrons. The van der Waals surface area contributed by atoms with E-state index in [0.29, 0.717) is 0 Å². The number of nitrogens with one attached hydrogen (secondary N) is 1. The van der Waals surface area contributed by atoms with Gasteiger partial charge in [0, 0.05) is 60.0 Å². The molecule has 0 aliphatic heterocycles. The largest absolute Gasteiger partial charge is 0.353 e. The summed E-state index contributed by atoms with van der Waals surface area (Å²) in [6, 6.07) is 46.3. The molecule has 0 spiro atoms. The summed E-state index contributed by atoms with van der Waals surface area (Å²) in [4.78, 5) is 8.38. The fourth-order valence-electron chi connectivity index (χ4n) is 6.95. The van der Waals surface area contributed by atoms with Gasteiger partial charge in [0.25, 0.3) is 0 Å². The lowest BCUT2D eigenvalue weighted by Gasteiger charge is -2.10. The second-order valence-corrected chi connectivity index (χ2v) is 12.4. The summed E-state index contributed by atoms with van der Waals surface area (Å²) in [6.45, 7) is 0. The third-order valence-electron chi connectivity index (χ3n) is 8.96. The lowest BCUT2D eigenvalue weighted by atomic mass is 10.0. The van der Waals surface area contributed by atoms with Crippen LogP contribution in [-0.4, -0.2) is 14.5 Å². The Labute approximate surface area is 250 Å². The van der Waals surface area contributed by atoms with Crippen molar-refractivity contribution in [1.82, 2.24) is 14.5 Å².